The predicted octanol–water partition coefficient (Wildman–Crippen LogP) is 6.22. The SMILES string of the molecule is COc1ccc(C2/C(=C(\O)c3cc(C)ccc3C)C(=O)C(=O)N2c2nnc(SCc3ccccc3F)s2)cc1. The van der Waals surface area contributed by atoms with E-state index in [-0.39, 0.29) is 22.3 Å². The normalized spacial score (nSPS) is 16.6. The van der Waals surface area contributed by atoms with Crippen LogP contribution in [0.5, 0.6) is 5.75 Å². The first kappa shape index (κ1) is 26.6. The summed E-state index contributed by atoms with van der Waals surface area (Å²) in [5, 5.41) is 20.0. The van der Waals surface area contributed by atoms with Gasteiger partial charge in [0.05, 0.1) is 18.7 Å². The average Bonchev–Trinajstić information content (AvgIpc) is 3.51. The molecule has 1 saturated heterocycles. The van der Waals surface area contributed by atoms with Crippen molar-refractivity contribution in [3.63, 3.8) is 0 Å². The van der Waals surface area contributed by atoms with Crippen LogP contribution in [-0.2, 0) is 15.3 Å². The van der Waals surface area contributed by atoms with Gasteiger partial charge in [0.2, 0.25) is 5.13 Å². The number of amides is 1. The van der Waals surface area contributed by atoms with Gasteiger partial charge in [0.15, 0.2) is 4.34 Å². The molecule has 1 aliphatic rings. The number of anilines is 1. The number of aromatic nitrogens is 2. The summed E-state index contributed by atoms with van der Waals surface area (Å²) in [6.45, 7) is 3.72. The summed E-state index contributed by atoms with van der Waals surface area (Å²) >= 11 is 2.41. The van der Waals surface area contributed by atoms with E-state index in [0.717, 1.165) is 22.5 Å². The molecular formula is C29H24FN3O4S2. The van der Waals surface area contributed by atoms with Crippen molar-refractivity contribution >= 4 is 45.7 Å². The molecule has 3 aromatic carbocycles. The topological polar surface area (TPSA) is 92.6 Å². The minimum absolute atomic E-state index is 0.0328. The Morgan fingerprint density at radius 1 is 1.08 bits per heavy atom. The van der Waals surface area contributed by atoms with Crippen molar-refractivity contribution in [2.45, 2.75) is 30.0 Å². The molecule has 0 saturated carbocycles. The summed E-state index contributed by atoms with van der Waals surface area (Å²) in [5.74, 6) is -1.26. The molecule has 1 amide bonds. The number of hydrogen-bond acceptors (Lipinski definition) is 8. The number of rotatable bonds is 7. The molecule has 5 rings (SSSR count). The molecule has 10 heteroatoms. The number of methoxy groups -OCH3 is 1. The van der Waals surface area contributed by atoms with Crippen LogP contribution in [0.1, 0.15) is 33.9 Å². The number of halogens is 1. The molecule has 1 fully saturated rings. The number of aliphatic hydroxyl groups is 1. The number of ketones is 1. The van der Waals surface area contributed by atoms with Gasteiger partial charge in [0, 0.05) is 11.3 Å². The lowest BCUT2D eigenvalue weighted by molar-refractivity contribution is -0.132. The summed E-state index contributed by atoms with van der Waals surface area (Å²) in [6.07, 6.45) is 0. The van der Waals surface area contributed by atoms with Crippen LogP contribution in [0.4, 0.5) is 9.52 Å². The van der Waals surface area contributed by atoms with Crippen LogP contribution in [0.3, 0.4) is 0 Å². The molecule has 1 unspecified atom stereocenters. The lowest BCUT2D eigenvalue weighted by atomic mass is 9.93. The highest BCUT2D eigenvalue weighted by atomic mass is 32.2. The molecule has 39 heavy (non-hydrogen) atoms. The number of aryl methyl sites for hydroxylation is 2. The van der Waals surface area contributed by atoms with E-state index in [1.165, 1.54) is 22.7 Å². The number of carbonyl (C=O) groups is 2. The minimum atomic E-state index is -0.937. The molecule has 7 nitrogen and oxygen atoms in total. The van der Waals surface area contributed by atoms with E-state index < -0.39 is 17.7 Å². The minimum Gasteiger partial charge on any atom is -0.507 e. The molecule has 198 valence electrons. The third-order valence-electron chi connectivity index (χ3n) is 6.44. The lowest BCUT2D eigenvalue weighted by Gasteiger charge is -2.23. The number of aliphatic hydroxyl groups excluding tert-OH is 1. The highest BCUT2D eigenvalue weighted by Gasteiger charge is 2.48. The van der Waals surface area contributed by atoms with Gasteiger partial charge in [-0.2, -0.15) is 0 Å². The molecule has 0 aliphatic carbocycles. The van der Waals surface area contributed by atoms with Crippen LogP contribution in [0.15, 0.2) is 76.6 Å². The van der Waals surface area contributed by atoms with E-state index in [1.54, 1.807) is 55.6 Å². The highest BCUT2D eigenvalue weighted by molar-refractivity contribution is 8.00. The summed E-state index contributed by atoms with van der Waals surface area (Å²) in [7, 11) is 1.54. The van der Waals surface area contributed by atoms with Crippen LogP contribution in [0, 0.1) is 19.7 Å². The quantitative estimate of drug-likeness (QED) is 0.0941. The predicted molar refractivity (Wildman–Crippen MR) is 150 cm³/mol. The van der Waals surface area contributed by atoms with Crippen LogP contribution >= 0.6 is 23.1 Å². The number of Topliss-reactive ketones (excluding diaryl/α,β-unsaturated/α-hetero) is 1. The fraction of sp³-hybridized carbons (Fsp3) is 0.172. The van der Waals surface area contributed by atoms with Crippen LogP contribution in [-0.4, -0.2) is 34.1 Å². The van der Waals surface area contributed by atoms with Crippen molar-refractivity contribution in [1.82, 2.24) is 10.2 Å². The van der Waals surface area contributed by atoms with Gasteiger partial charge in [-0.05, 0) is 54.8 Å². The van der Waals surface area contributed by atoms with Crippen molar-refractivity contribution < 1.29 is 23.8 Å². The second-order valence-corrected chi connectivity index (χ2v) is 11.2. The molecule has 2 heterocycles. The summed E-state index contributed by atoms with van der Waals surface area (Å²) < 4.78 is 19.9. The Balaban J connectivity index is 1.57. The monoisotopic (exact) mass is 561 g/mol. The number of hydrogen-bond donors (Lipinski definition) is 1. The number of nitrogens with zero attached hydrogens (tertiary/aromatic N) is 3. The molecule has 0 bridgehead atoms. The fourth-order valence-electron chi connectivity index (χ4n) is 4.38. The number of ether oxygens (including phenoxy) is 1. The van der Waals surface area contributed by atoms with Gasteiger partial charge in [-0.25, -0.2) is 4.39 Å². The van der Waals surface area contributed by atoms with Gasteiger partial charge < -0.3 is 9.84 Å². The highest BCUT2D eigenvalue weighted by Crippen LogP contribution is 2.44. The smallest absolute Gasteiger partial charge is 0.301 e. The van der Waals surface area contributed by atoms with Gasteiger partial charge in [-0.1, -0.05) is 71.1 Å². The summed E-state index contributed by atoms with van der Waals surface area (Å²) in [6, 6.07) is 18.0. The zero-order valence-electron chi connectivity index (χ0n) is 21.3. The van der Waals surface area contributed by atoms with Gasteiger partial charge in [-0.3, -0.25) is 14.5 Å². The maximum absolute atomic E-state index is 14.1. The number of benzene rings is 3. The third kappa shape index (κ3) is 5.17. The van der Waals surface area contributed by atoms with Gasteiger partial charge in [0.1, 0.15) is 17.3 Å². The molecular weight excluding hydrogens is 537 g/mol. The van der Waals surface area contributed by atoms with Gasteiger partial charge >= 0.3 is 5.91 Å². The zero-order valence-corrected chi connectivity index (χ0v) is 23.0. The Kier molecular flexibility index (Phi) is 7.49. The second kappa shape index (κ2) is 11.0. The van der Waals surface area contributed by atoms with E-state index in [9.17, 15) is 19.1 Å². The van der Waals surface area contributed by atoms with E-state index in [2.05, 4.69) is 10.2 Å². The maximum atomic E-state index is 14.1. The second-order valence-electron chi connectivity index (χ2n) is 8.99. The molecule has 4 aromatic rings. The Labute approximate surface area is 233 Å². The van der Waals surface area contributed by atoms with E-state index >= 15 is 0 Å². The number of thioether (sulfide) groups is 1. The van der Waals surface area contributed by atoms with Crippen LogP contribution in [0.2, 0.25) is 0 Å². The fourth-order valence-corrected chi connectivity index (χ4v) is 6.23. The molecule has 1 atom stereocenters. The van der Waals surface area contributed by atoms with Crippen molar-refractivity contribution in [1.29, 1.82) is 0 Å². The van der Waals surface area contributed by atoms with Crippen LogP contribution < -0.4 is 9.64 Å². The van der Waals surface area contributed by atoms with E-state index in [4.69, 9.17) is 4.74 Å². The van der Waals surface area contributed by atoms with Gasteiger partial charge in [0.25, 0.3) is 5.78 Å². The van der Waals surface area contributed by atoms with Gasteiger partial charge in [-0.15, -0.1) is 10.2 Å². The first-order valence-corrected chi connectivity index (χ1v) is 13.8. The van der Waals surface area contributed by atoms with Crippen molar-refractivity contribution in [2.75, 3.05) is 12.0 Å². The number of carbonyl (C=O) groups excluding carboxylic acids is 2. The zero-order chi connectivity index (χ0) is 27.7. The Morgan fingerprint density at radius 3 is 2.54 bits per heavy atom. The van der Waals surface area contributed by atoms with Crippen molar-refractivity contribution in [3.05, 3.63) is 106 Å². The first-order valence-electron chi connectivity index (χ1n) is 12.0. The Morgan fingerprint density at radius 2 is 1.82 bits per heavy atom. The van der Waals surface area contributed by atoms with Crippen molar-refractivity contribution in [2.24, 2.45) is 0 Å². The lowest BCUT2D eigenvalue weighted by Crippen LogP contribution is -2.29. The molecule has 0 radical (unpaired) electrons. The van der Waals surface area contributed by atoms with E-state index in [1.807, 2.05) is 26.0 Å². The summed E-state index contributed by atoms with van der Waals surface area (Å²) in [4.78, 5) is 28.1. The standard InChI is InChI=1S/C29H24FN3O4S2/c1-16-8-9-17(2)21(14-16)25(34)23-24(18-10-12-20(37-3)13-11-18)33(27(36)26(23)35)28-31-32-29(39-28)38-15-19-6-4-5-7-22(19)30/h4-14,24,34H,15H2,1-3H3/b25-23+. The molecule has 1 N–H and O–H groups in total. The first-order chi connectivity index (χ1) is 18.8. The molecule has 1 aromatic heterocycles. The summed E-state index contributed by atoms with van der Waals surface area (Å²) in [5.41, 5.74) is 3.22. The Hall–Kier alpha value is -4.02. The third-order valence-corrected chi connectivity index (χ3v) is 8.54. The Bertz CT molecular complexity index is 1600. The molecule has 0 spiro atoms. The average molecular weight is 562 g/mol. The van der Waals surface area contributed by atoms with Crippen molar-refractivity contribution in [3.8, 4) is 5.75 Å². The molecule has 1 aliphatic heterocycles. The maximum Gasteiger partial charge on any atom is 0.301 e. The van der Waals surface area contributed by atoms with Crippen LogP contribution in [0.25, 0.3) is 5.76 Å². The van der Waals surface area contributed by atoms with E-state index in [0.29, 0.717) is 32.5 Å². The largest absolute Gasteiger partial charge is 0.507 e.